The molecule has 4 heteroatoms. The molecular formula is C20H22FNO2. The van der Waals surface area contributed by atoms with Crippen LogP contribution in [0, 0.1) is 11.7 Å². The number of carbonyl (C=O) groups excluding carboxylic acids is 1. The number of hydrogen-bond donors (Lipinski definition) is 0. The fourth-order valence-corrected chi connectivity index (χ4v) is 3.45. The first-order chi connectivity index (χ1) is 11.7. The molecule has 1 atom stereocenters. The van der Waals surface area contributed by atoms with E-state index in [9.17, 15) is 9.18 Å². The van der Waals surface area contributed by atoms with Crippen molar-refractivity contribution in [1.82, 2.24) is 4.90 Å². The van der Waals surface area contributed by atoms with Crippen LogP contribution in [0.15, 0.2) is 54.6 Å². The summed E-state index contributed by atoms with van der Waals surface area (Å²) in [7, 11) is 1.74. The summed E-state index contributed by atoms with van der Waals surface area (Å²) < 4.78 is 19.0. The fourth-order valence-electron chi connectivity index (χ4n) is 3.45. The van der Waals surface area contributed by atoms with Crippen molar-refractivity contribution in [3.63, 3.8) is 0 Å². The van der Waals surface area contributed by atoms with Crippen LogP contribution >= 0.6 is 0 Å². The third-order valence-electron chi connectivity index (χ3n) is 4.71. The van der Waals surface area contributed by atoms with Gasteiger partial charge < -0.3 is 9.64 Å². The summed E-state index contributed by atoms with van der Waals surface area (Å²) in [6.45, 7) is 1.35. The fraction of sp³-hybridized carbons (Fsp3) is 0.350. The van der Waals surface area contributed by atoms with Gasteiger partial charge in [0.25, 0.3) is 5.91 Å². The predicted molar refractivity (Wildman–Crippen MR) is 91.2 cm³/mol. The van der Waals surface area contributed by atoms with Crippen LogP contribution in [-0.4, -0.2) is 31.0 Å². The first-order valence-corrected chi connectivity index (χ1v) is 8.31. The Morgan fingerprint density at radius 1 is 1.12 bits per heavy atom. The molecule has 0 spiro atoms. The molecule has 3 nitrogen and oxygen atoms in total. The summed E-state index contributed by atoms with van der Waals surface area (Å²) in [4.78, 5) is 14.3. The first kappa shape index (κ1) is 16.7. The van der Waals surface area contributed by atoms with E-state index in [1.807, 2.05) is 23.1 Å². The number of piperidine rings is 1. The van der Waals surface area contributed by atoms with Crippen molar-refractivity contribution in [2.75, 3.05) is 20.2 Å². The number of methoxy groups -OCH3 is 1. The monoisotopic (exact) mass is 327 g/mol. The van der Waals surface area contributed by atoms with Gasteiger partial charge in [-0.25, -0.2) is 4.39 Å². The Morgan fingerprint density at radius 2 is 1.83 bits per heavy atom. The van der Waals surface area contributed by atoms with E-state index in [-0.39, 0.29) is 17.8 Å². The molecule has 1 fully saturated rings. The second-order valence-electron chi connectivity index (χ2n) is 6.21. The first-order valence-electron chi connectivity index (χ1n) is 8.31. The van der Waals surface area contributed by atoms with E-state index in [1.165, 1.54) is 17.7 Å². The molecule has 0 N–H and O–H groups in total. The minimum atomic E-state index is -0.376. The van der Waals surface area contributed by atoms with E-state index in [4.69, 9.17) is 4.74 Å². The van der Waals surface area contributed by atoms with Crippen LogP contribution in [-0.2, 0) is 4.74 Å². The Morgan fingerprint density at radius 3 is 2.46 bits per heavy atom. The minimum absolute atomic E-state index is 0.0534. The molecular weight excluding hydrogens is 305 g/mol. The number of amides is 1. The Kier molecular flexibility index (Phi) is 5.26. The van der Waals surface area contributed by atoms with Gasteiger partial charge in [0.2, 0.25) is 0 Å². The standard InChI is InChI=1S/C20H22FNO2/c1-24-19(15-6-3-2-4-7-15)16-10-12-22(13-11-16)20(23)17-8-5-9-18(21)14-17/h2-9,14,16,19H,10-13H2,1H3. The van der Waals surface area contributed by atoms with Crippen LogP contribution in [0.3, 0.4) is 0 Å². The van der Waals surface area contributed by atoms with Gasteiger partial charge in [-0.15, -0.1) is 0 Å². The second-order valence-corrected chi connectivity index (χ2v) is 6.21. The number of rotatable bonds is 4. The lowest BCUT2D eigenvalue weighted by molar-refractivity contribution is 0.0194. The molecule has 1 aliphatic rings. The molecule has 126 valence electrons. The third kappa shape index (κ3) is 3.65. The third-order valence-corrected chi connectivity index (χ3v) is 4.71. The second kappa shape index (κ2) is 7.58. The van der Waals surface area contributed by atoms with Crippen molar-refractivity contribution in [3.05, 3.63) is 71.5 Å². The van der Waals surface area contributed by atoms with E-state index in [1.54, 1.807) is 19.2 Å². The molecule has 1 heterocycles. The molecule has 1 amide bonds. The summed E-state index contributed by atoms with van der Waals surface area (Å²) in [5.41, 5.74) is 1.59. The van der Waals surface area contributed by atoms with Crippen LogP contribution < -0.4 is 0 Å². The number of likely N-dealkylation sites (tertiary alicyclic amines) is 1. The SMILES string of the molecule is COC(c1ccccc1)C1CCN(C(=O)c2cccc(F)c2)CC1. The van der Waals surface area contributed by atoms with Crippen molar-refractivity contribution in [2.24, 2.45) is 5.92 Å². The van der Waals surface area contributed by atoms with Gasteiger partial charge in [0.05, 0.1) is 6.10 Å². The van der Waals surface area contributed by atoms with E-state index < -0.39 is 0 Å². The zero-order valence-corrected chi connectivity index (χ0v) is 13.8. The topological polar surface area (TPSA) is 29.5 Å². The van der Waals surface area contributed by atoms with Gasteiger partial charge >= 0.3 is 0 Å². The predicted octanol–water partition coefficient (Wildman–Crippen LogP) is 4.07. The lowest BCUT2D eigenvalue weighted by Crippen LogP contribution is -2.40. The van der Waals surface area contributed by atoms with E-state index in [0.717, 1.165) is 12.8 Å². The lowest BCUT2D eigenvalue weighted by Gasteiger charge is -2.35. The van der Waals surface area contributed by atoms with E-state index in [2.05, 4.69) is 12.1 Å². The van der Waals surface area contributed by atoms with Gasteiger partial charge in [0, 0.05) is 25.8 Å². The highest BCUT2D eigenvalue weighted by Crippen LogP contribution is 2.33. The van der Waals surface area contributed by atoms with Gasteiger partial charge in [-0.1, -0.05) is 36.4 Å². The van der Waals surface area contributed by atoms with E-state index >= 15 is 0 Å². The normalized spacial score (nSPS) is 16.8. The van der Waals surface area contributed by atoms with Crippen LogP contribution in [0.1, 0.15) is 34.9 Å². The highest BCUT2D eigenvalue weighted by atomic mass is 19.1. The number of nitrogens with zero attached hydrogens (tertiary/aromatic N) is 1. The quantitative estimate of drug-likeness (QED) is 0.847. The molecule has 0 aromatic heterocycles. The summed E-state index contributed by atoms with van der Waals surface area (Å²) >= 11 is 0. The molecule has 0 saturated carbocycles. The van der Waals surface area contributed by atoms with Crippen molar-refractivity contribution < 1.29 is 13.9 Å². The van der Waals surface area contributed by atoms with Gasteiger partial charge in [0.1, 0.15) is 5.82 Å². The van der Waals surface area contributed by atoms with Gasteiger partial charge in [-0.2, -0.15) is 0 Å². The Labute approximate surface area is 142 Å². The maximum atomic E-state index is 13.3. The smallest absolute Gasteiger partial charge is 0.253 e. The van der Waals surface area contributed by atoms with Crippen molar-refractivity contribution in [1.29, 1.82) is 0 Å². The lowest BCUT2D eigenvalue weighted by atomic mass is 9.87. The molecule has 24 heavy (non-hydrogen) atoms. The number of halogens is 1. The number of benzene rings is 2. The Hall–Kier alpha value is -2.20. The maximum absolute atomic E-state index is 13.3. The molecule has 2 aromatic carbocycles. The number of ether oxygens (including phenoxy) is 1. The highest BCUT2D eigenvalue weighted by Gasteiger charge is 2.29. The zero-order chi connectivity index (χ0) is 16.9. The molecule has 1 aliphatic heterocycles. The van der Waals surface area contributed by atoms with Crippen LogP contribution in [0.25, 0.3) is 0 Å². The number of carbonyl (C=O) groups is 1. The Bertz CT molecular complexity index is 681. The molecule has 1 saturated heterocycles. The molecule has 1 unspecified atom stereocenters. The summed E-state index contributed by atoms with van der Waals surface area (Å²) in [5.74, 6) is -0.0881. The highest BCUT2D eigenvalue weighted by molar-refractivity contribution is 5.94. The average Bonchev–Trinajstić information content (AvgIpc) is 2.63. The van der Waals surface area contributed by atoms with Gasteiger partial charge in [-0.05, 0) is 42.5 Å². The van der Waals surface area contributed by atoms with Crippen LogP contribution in [0.2, 0.25) is 0 Å². The summed E-state index contributed by atoms with van der Waals surface area (Å²) in [6, 6.07) is 16.1. The molecule has 0 radical (unpaired) electrons. The van der Waals surface area contributed by atoms with Crippen LogP contribution in [0.5, 0.6) is 0 Å². The molecule has 0 aliphatic carbocycles. The number of hydrogen-bond acceptors (Lipinski definition) is 2. The summed E-state index contributed by atoms with van der Waals surface area (Å²) in [5, 5.41) is 0. The largest absolute Gasteiger partial charge is 0.376 e. The van der Waals surface area contributed by atoms with E-state index in [0.29, 0.717) is 24.6 Å². The Balaban J connectivity index is 1.64. The van der Waals surface area contributed by atoms with Gasteiger partial charge in [0.15, 0.2) is 0 Å². The van der Waals surface area contributed by atoms with Crippen LogP contribution in [0.4, 0.5) is 4.39 Å². The average molecular weight is 327 g/mol. The summed E-state index contributed by atoms with van der Waals surface area (Å²) in [6.07, 6.45) is 1.82. The molecule has 2 aromatic rings. The zero-order valence-electron chi connectivity index (χ0n) is 13.8. The van der Waals surface area contributed by atoms with Crippen molar-refractivity contribution in [2.45, 2.75) is 18.9 Å². The minimum Gasteiger partial charge on any atom is -0.376 e. The molecule has 3 rings (SSSR count). The van der Waals surface area contributed by atoms with Gasteiger partial charge in [-0.3, -0.25) is 4.79 Å². The maximum Gasteiger partial charge on any atom is 0.253 e. The van der Waals surface area contributed by atoms with Crippen molar-refractivity contribution in [3.8, 4) is 0 Å². The molecule has 0 bridgehead atoms. The van der Waals surface area contributed by atoms with Crippen molar-refractivity contribution >= 4 is 5.91 Å².